The average molecular weight is 369 g/mol. The lowest BCUT2D eigenvalue weighted by Gasteiger charge is -2.11. The fourth-order valence-electron chi connectivity index (χ4n) is 2.53. The highest BCUT2D eigenvalue weighted by Crippen LogP contribution is 2.24. The van der Waals surface area contributed by atoms with Crippen molar-refractivity contribution in [2.45, 2.75) is 13.3 Å². The van der Waals surface area contributed by atoms with Crippen molar-refractivity contribution in [1.82, 2.24) is 9.97 Å². The first-order valence-electron chi connectivity index (χ1n) is 8.38. The molecule has 6 heteroatoms. The van der Waals surface area contributed by atoms with Crippen LogP contribution in [0, 0.1) is 6.92 Å². The van der Waals surface area contributed by atoms with Crippen molar-refractivity contribution in [2.24, 2.45) is 0 Å². The molecule has 0 saturated carbocycles. The number of hydrogen-bond donors (Lipinski definition) is 2. The number of methoxy groups -OCH3 is 1. The normalized spacial score (nSPS) is 10.4. The van der Waals surface area contributed by atoms with E-state index in [1.165, 1.54) is 5.56 Å². The maximum Gasteiger partial charge on any atom is 0.229 e. The first-order valence-corrected chi connectivity index (χ1v) is 8.76. The predicted octanol–water partition coefficient (Wildman–Crippen LogP) is 4.85. The van der Waals surface area contributed by atoms with E-state index in [4.69, 9.17) is 16.3 Å². The van der Waals surface area contributed by atoms with E-state index in [2.05, 4.69) is 32.7 Å². The van der Waals surface area contributed by atoms with Gasteiger partial charge in [0, 0.05) is 18.3 Å². The molecular formula is C20H21ClN4O. The third kappa shape index (κ3) is 4.86. The number of anilines is 3. The van der Waals surface area contributed by atoms with Gasteiger partial charge in [0.05, 0.1) is 17.8 Å². The number of rotatable bonds is 7. The fraction of sp³-hybridized carbons (Fsp3) is 0.200. The molecule has 0 saturated heterocycles. The number of nitrogens with zero attached hydrogens (tertiary/aromatic N) is 2. The van der Waals surface area contributed by atoms with Crippen LogP contribution < -0.4 is 15.4 Å². The molecule has 0 aliphatic rings. The lowest BCUT2D eigenvalue weighted by Crippen LogP contribution is -2.08. The molecule has 0 aliphatic heterocycles. The SMILES string of the molecule is COc1ccc(CCNc2cc(C)nc(Nc3ccccc3Cl)n2)cc1. The molecule has 3 aromatic rings. The van der Waals surface area contributed by atoms with Gasteiger partial charge in [-0.05, 0) is 43.2 Å². The molecule has 1 heterocycles. The van der Waals surface area contributed by atoms with E-state index in [-0.39, 0.29) is 0 Å². The van der Waals surface area contributed by atoms with Gasteiger partial charge in [-0.15, -0.1) is 0 Å². The van der Waals surface area contributed by atoms with E-state index in [1.807, 2.05) is 49.4 Å². The number of aromatic nitrogens is 2. The average Bonchev–Trinajstić information content (AvgIpc) is 2.64. The van der Waals surface area contributed by atoms with E-state index in [1.54, 1.807) is 7.11 Å². The van der Waals surface area contributed by atoms with Crippen molar-refractivity contribution in [3.8, 4) is 5.75 Å². The highest BCUT2D eigenvalue weighted by Gasteiger charge is 2.05. The van der Waals surface area contributed by atoms with Crippen LogP contribution in [0.3, 0.4) is 0 Å². The number of para-hydroxylation sites is 1. The van der Waals surface area contributed by atoms with Crippen LogP contribution in [-0.2, 0) is 6.42 Å². The van der Waals surface area contributed by atoms with Gasteiger partial charge in [0.1, 0.15) is 11.6 Å². The Morgan fingerprint density at radius 1 is 1.04 bits per heavy atom. The molecule has 0 bridgehead atoms. The Kier molecular flexibility index (Phi) is 5.92. The summed E-state index contributed by atoms with van der Waals surface area (Å²) in [4.78, 5) is 8.94. The summed E-state index contributed by atoms with van der Waals surface area (Å²) < 4.78 is 5.18. The zero-order valence-corrected chi connectivity index (χ0v) is 15.5. The van der Waals surface area contributed by atoms with Gasteiger partial charge >= 0.3 is 0 Å². The quantitative estimate of drug-likeness (QED) is 0.624. The zero-order valence-electron chi connectivity index (χ0n) is 14.8. The molecule has 0 spiro atoms. The predicted molar refractivity (Wildman–Crippen MR) is 107 cm³/mol. The number of aryl methyl sites for hydroxylation is 1. The summed E-state index contributed by atoms with van der Waals surface area (Å²) in [6.07, 6.45) is 0.889. The number of nitrogens with one attached hydrogen (secondary N) is 2. The zero-order chi connectivity index (χ0) is 18.4. The third-order valence-corrected chi connectivity index (χ3v) is 4.18. The van der Waals surface area contributed by atoms with Crippen molar-refractivity contribution in [3.05, 3.63) is 70.9 Å². The fourth-order valence-corrected chi connectivity index (χ4v) is 2.71. The number of benzene rings is 2. The lowest BCUT2D eigenvalue weighted by atomic mass is 10.1. The molecule has 5 nitrogen and oxygen atoms in total. The molecule has 3 rings (SSSR count). The van der Waals surface area contributed by atoms with E-state index in [9.17, 15) is 0 Å². The van der Waals surface area contributed by atoms with Gasteiger partial charge < -0.3 is 15.4 Å². The molecule has 0 amide bonds. The molecular weight excluding hydrogens is 348 g/mol. The van der Waals surface area contributed by atoms with Crippen LogP contribution in [-0.4, -0.2) is 23.6 Å². The van der Waals surface area contributed by atoms with Crippen LogP contribution in [0.1, 0.15) is 11.3 Å². The van der Waals surface area contributed by atoms with Crippen molar-refractivity contribution in [2.75, 3.05) is 24.3 Å². The van der Waals surface area contributed by atoms with E-state index < -0.39 is 0 Å². The Morgan fingerprint density at radius 2 is 1.81 bits per heavy atom. The Bertz CT molecular complexity index is 868. The second-order valence-electron chi connectivity index (χ2n) is 5.85. The summed E-state index contributed by atoms with van der Waals surface area (Å²) >= 11 is 6.18. The Hall–Kier alpha value is -2.79. The maximum atomic E-state index is 6.18. The standard InChI is InChI=1S/C20H21ClN4O/c1-14-13-19(22-12-11-15-7-9-16(26-2)10-8-15)25-20(23-14)24-18-6-4-3-5-17(18)21/h3-10,13H,11-12H2,1-2H3,(H2,22,23,24,25). The largest absolute Gasteiger partial charge is 0.497 e. The smallest absolute Gasteiger partial charge is 0.229 e. The Morgan fingerprint density at radius 3 is 2.54 bits per heavy atom. The number of hydrogen-bond acceptors (Lipinski definition) is 5. The van der Waals surface area contributed by atoms with E-state index in [0.29, 0.717) is 11.0 Å². The Labute approximate surface area is 158 Å². The van der Waals surface area contributed by atoms with Gasteiger partial charge in [0.2, 0.25) is 5.95 Å². The molecule has 2 aromatic carbocycles. The molecule has 0 fully saturated rings. The first-order chi connectivity index (χ1) is 12.6. The molecule has 2 N–H and O–H groups in total. The summed E-state index contributed by atoms with van der Waals surface area (Å²) in [5, 5.41) is 7.15. The van der Waals surface area contributed by atoms with E-state index >= 15 is 0 Å². The van der Waals surface area contributed by atoms with Gasteiger partial charge in [-0.2, -0.15) is 4.98 Å². The monoisotopic (exact) mass is 368 g/mol. The minimum atomic E-state index is 0.519. The number of halogens is 1. The molecule has 134 valence electrons. The van der Waals surface area contributed by atoms with Gasteiger partial charge in [0.15, 0.2) is 0 Å². The van der Waals surface area contributed by atoms with Gasteiger partial charge in [0.25, 0.3) is 0 Å². The summed E-state index contributed by atoms with van der Waals surface area (Å²) in [6.45, 7) is 2.71. The molecule has 0 unspecified atom stereocenters. The minimum Gasteiger partial charge on any atom is -0.497 e. The van der Waals surface area contributed by atoms with Crippen LogP contribution in [0.25, 0.3) is 0 Å². The number of ether oxygens (including phenoxy) is 1. The molecule has 26 heavy (non-hydrogen) atoms. The highest BCUT2D eigenvalue weighted by atomic mass is 35.5. The summed E-state index contributed by atoms with van der Waals surface area (Å²) in [5.74, 6) is 2.16. The second kappa shape index (κ2) is 8.54. The van der Waals surface area contributed by atoms with Crippen molar-refractivity contribution < 1.29 is 4.74 Å². The summed E-state index contributed by atoms with van der Waals surface area (Å²) in [7, 11) is 1.67. The maximum absolute atomic E-state index is 6.18. The summed E-state index contributed by atoms with van der Waals surface area (Å²) in [5.41, 5.74) is 2.89. The van der Waals surface area contributed by atoms with Gasteiger partial charge in [-0.25, -0.2) is 4.98 Å². The molecule has 0 aliphatic carbocycles. The minimum absolute atomic E-state index is 0.519. The topological polar surface area (TPSA) is 59.1 Å². The molecule has 0 atom stereocenters. The van der Waals surface area contributed by atoms with Crippen molar-refractivity contribution >= 4 is 29.1 Å². The van der Waals surface area contributed by atoms with Gasteiger partial charge in [-0.3, -0.25) is 0 Å². The van der Waals surface area contributed by atoms with Gasteiger partial charge in [-0.1, -0.05) is 35.9 Å². The first kappa shape index (κ1) is 18.0. The summed E-state index contributed by atoms with van der Waals surface area (Å²) in [6, 6.07) is 17.5. The van der Waals surface area contributed by atoms with Crippen molar-refractivity contribution in [1.29, 1.82) is 0 Å². The molecule has 0 radical (unpaired) electrons. The second-order valence-corrected chi connectivity index (χ2v) is 6.26. The van der Waals surface area contributed by atoms with Crippen LogP contribution >= 0.6 is 11.6 Å². The Balaban J connectivity index is 1.62. The van der Waals surface area contributed by atoms with Crippen LogP contribution in [0.15, 0.2) is 54.6 Å². The molecule has 1 aromatic heterocycles. The van der Waals surface area contributed by atoms with E-state index in [0.717, 1.165) is 35.9 Å². The van der Waals surface area contributed by atoms with Crippen LogP contribution in [0.5, 0.6) is 5.75 Å². The van der Waals surface area contributed by atoms with Crippen molar-refractivity contribution in [3.63, 3.8) is 0 Å². The third-order valence-electron chi connectivity index (χ3n) is 3.85. The van der Waals surface area contributed by atoms with Crippen LogP contribution in [0.4, 0.5) is 17.5 Å². The van der Waals surface area contributed by atoms with Crippen LogP contribution in [0.2, 0.25) is 5.02 Å². The lowest BCUT2D eigenvalue weighted by molar-refractivity contribution is 0.414. The highest BCUT2D eigenvalue weighted by molar-refractivity contribution is 6.33.